The van der Waals surface area contributed by atoms with Crippen LogP contribution in [-0.4, -0.2) is 170 Å². The van der Waals surface area contributed by atoms with Crippen LogP contribution < -0.4 is 10.9 Å². The van der Waals surface area contributed by atoms with Gasteiger partial charge in [0, 0.05) is 11.1 Å². The third kappa shape index (κ3) is 6.56. The standard InChI is InChI=1S/2C22H27BN4O3.8H2O/c2*1-20-15-27(14-18-10-6-4-7-11-18)16-21(2)24(20)28-23(19-12-8-5-9-13-19)29-25(20)22(3,17-27)26(21)30-23;;;;;;;;/h2*4-13H,14-17H2,1-3H3;8*1H2. The van der Waals surface area contributed by atoms with E-state index in [1.54, 1.807) is 0 Å². The molecule has 22 nitrogen and oxygen atoms in total. The summed E-state index contributed by atoms with van der Waals surface area (Å²) in [5.74, 6) is 0. The fraction of sp³-hybridized carbons (Fsp3) is 0.455. The lowest BCUT2D eigenvalue weighted by Crippen LogP contribution is -3.05. The Morgan fingerprint density at radius 2 is 0.529 bits per heavy atom. The minimum absolute atomic E-state index is 0. The maximum Gasteiger partial charge on any atom is 0.457 e. The number of quaternary nitrogens is 2. The van der Waals surface area contributed by atoms with Gasteiger partial charge < -0.3 is 81.3 Å². The summed E-state index contributed by atoms with van der Waals surface area (Å²) in [7, 11) is 0. The fourth-order valence-corrected chi connectivity index (χ4v) is 14.9. The average Bonchev–Trinajstić information content (AvgIpc) is 3.22. The Balaban J connectivity index is 0.000000227. The van der Waals surface area contributed by atoms with Crippen LogP contribution in [0.1, 0.15) is 52.7 Å². The summed E-state index contributed by atoms with van der Waals surface area (Å²) in [5.41, 5.74) is 2.40. The van der Waals surface area contributed by atoms with E-state index in [0.717, 1.165) is 72.2 Å². The van der Waals surface area contributed by atoms with E-state index in [-0.39, 0.29) is 77.8 Å². The largest absolute Gasteiger partial charge is 0.457 e. The van der Waals surface area contributed by atoms with Crippen molar-refractivity contribution in [1.29, 1.82) is 0 Å². The van der Waals surface area contributed by atoms with E-state index < -0.39 is 13.5 Å². The molecular formula is C44H70B2N8O14. The van der Waals surface area contributed by atoms with Crippen molar-refractivity contribution in [2.75, 3.05) is 39.3 Å². The molecule has 14 saturated heterocycles. The molecule has 0 amide bonds. The highest BCUT2D eigenvalue weighted by Gasteiger charge is 2.85. The number of hydrogen-bond donors (Lipinski definition) is 0. The molecule has 68 heavy (non-hydrogen) atoms. The highest BCUT2D eigenvalue weighted by Crippen LogP contribution is 2.64. The van der Waals surface area contributed by atoms with Gasteiger partial charge in [-0.05, 0) is 41.5 Å². The zero-order valence-electron chi connectivity index (χ0n) is 39.4. The Hall–Kier alpha value is -3.87. The Kier molecular flexibility index (Phi) is 13.7. The second-order valence-corrected chi connectivity index (χ2v) is 20.7. The van der Waals surface area contributed by atoms with E-state index in [0.29, 0.717) is 0 Å². The molecule has 0 spiro atoms. The van der Waals surface area contributed by atoms with Crippen molar-refractivity contribution in [2.45, 2.75) is 88.6 Å². The van der Waals surface area contributed by atoms with Gasteiger partial charge in [-0.3, -0.25) is 0 Å². The molecule has 18 rings (SSSR count). The minimum Gasteiger partial charge on any atom is -0.448 e. The van der Waals surface area contributed by atoms with E-state index >= 15 is 0 Å². The number of hydrogen-bond acceptors (Lipinski definition) is 12. The van der Waals surface area contributed by atoms with Gasteiger partial charge in [-0.15, -0.1) is 10.9 Å². The third-order valence-corrected chi connectivity index (χ3v) is 15.7. The van der Waals surface area contributed by atoms with Crippen molar-refractivity contribution in [2.24, 2.45) is 0 Å². The van der Waals surface area contributed by atoms with E-state index in [4.69, 9.17) is 28.5 Å². The highest BCUT2D eigenvalue weighted by molar-refractivity contribution is 6.75. The zero-order valence-corrected chi connectivity index (χ0v) is 39.4. The molecule has 14 heterocycles. The molecule has 14 aliphatic rings. The highest BCUT2D eigenvalue weighted by atomic mass is 17.0. The number of piperazine rings is 6. The molecule has 0 aliphatic carbocycles. The van der Waals surface area contributed by atoms with E-state index in [1.807, 2.05) is 60.7 Å². The molecule has 14 fully saturated rings. The van der Waals surface area contributed by atoms with Gasteiger partial charge >= 0.3 is 13.5 Å². The van der Waals surface area contributed by atoms with Gasteiger partial charge in [-0.2, -0.15) is 30.4 Å². The summed E-state index contributed by atoms with van der Waals surface area (Å²) in [4.78, 5) is 0. The van der Waals surface area contributed by atoms with Crippen molar-refractivity contribution in [1.82, 2.24) is 30.4 Å². The molecule has 24 heteroatoms. The Bertz CT molecular complexity index is 2100. The fourth-order valence-electron chi connectivity index (χ4n) is 14.9. The topological polar surface area (TPSA) is 327 Å². The van der Waals surface area contributed by atoms with Gasteiger partial charge in [-0.1, -0.05) is 121 Å². The number of hydroxylamine groups is 12. The summed E-state index contributed by atoms with van der Waals surface area (Å²) in [6.45, 7) is 17.1. The van der Waals surface area contributed by atoms with Gasteiger partial charge in [0.25, 0.3) is 0 Å². The summed E-state index contributed by atoms with van der Waals surface area (Å²) < 4.78 is 41.8. The minimum atomic E-state index is -2.08. The summed E-state index contributed by atoms with van der Waals surface area (Å²) >= 11 is 0. The van der Waals surface area contributed by atoms with Gasteiger partial charge in [0.1, 0.15) is 52.4 Å². The zero-order chi connectivity index (χ0) is 40.8. The van der Waals surface area contributed by atoms with Crippen molar-refractivity contribution in [3.63, 3.8) is 0 Å². The lowest BCUT2D eigenvalue weighted by molar-refractivity contribution is -0.999. The lowest BCUT2D eigenvalue weighted by Gasteiger charge is -2.86. The molecule has 4 aromatic rings. The monoisotopic (exact) mass is 957 g/mol. The van der Waals surface area contributed by atoms with E-state index in [9.17, 15) is 0 Å². The van der Waals surface area contributed by atoms with Gasteiger partial charge in [0.05, 0.1) is 0 Å². The third-order valence-electron chi connectivity index (χ3n) is 15.7. The van der Waals surface area contributed by atoms with Crippen LogP contribution in [0.4, 0.5) is 0 Å². The van der Waals surface area contributed by atoms with Crippen LogP contribution in [0.5, 0.6) is 0 Å². The molecule has 0 atom stereocenters. The predicted octanol–water partition coefficient (Wildman–Crippen LogP) is -3.06. The first-order valence-corrected chi connectivity index (χ1v) is 21.8. The Morgan fingerprint density at radius 3 is 0.735 bits per heavy atom. The van der Waals surface area contributed by atoms with Crippen molar-refractivity contribution < 1.29 is 81.3 Å². The van der Waals surface area contributed by atoms with Gasteiger partial charge in [0.15, 0.2) is 34.0 Å². The van der Waals surface area contributed by atoms with Gasteiger partial charge in [0.2, 0.25) is 0 Å². The van der Waals surface area contributed by atoms with Gasteiger partial charge in [-0.25, -0.2) is 0 Å². The lowest BCUT2D eigenvalue weighted by atomic mass is 9.67. The average molecular weight is 957 g/mol. The molecule has 0 unspecified atom stereocenters. The van der Waals surface area contributed by atoms with Crippen LogP contribution in [0, 0.1) is 0 Å². The summed E-state index contributed by atoms with van der Waals surface area (Å²) in [6.07, 6.45) is 0. The first kappa shape index (κ1) is 55.1. The maximum atomic E-state index is 6.64. The van der Waals surface area contributed by atoms with Crippen LogP contribution in [-0.2, 0) is 41.6 Å². The quantitative estimate of drug-likeness (QED) is 0.137. The summed E-state index contributed by atoms with van der Waals surface area (Å²) in [5, 5.41) is 13.1. The normalized spacial score (nSPS) is 46.0. The first-order chi connectivity index (χ1) is 28.6. The van der Waals surface area contributed by atoms with Crippen molar-refractivity contribution in [3.05, 3.63) is 132 Å². The molecular weight excluding hydrogens is 886 g/mol. The van der Waals surface area contributed by atoms with Crippen LogP contribution in [0.3, 0.4) is 0 Å². The summed E-state index contributed by atoms with van der Waals surface area (Å²) in [6, 6.07) is 41.8. The van der Waals surface area contributed by atoms with Crippen LogP contribution in [0.15, 0.2) is 121 Å². The first-order valence-electron chi connectivity index (χ1n) is 21.8. The second-order valence-electron chi connectivity index (χ2n) is 20.7. The number of benzene rings is 4. The van der Waals surface area contributed by atoms with Crippen molar-refractivity contribution in [3.8, 4) is 0 Å². The van der Waals surface area contributed by atoms with Crippen LogP contribution >= 0.6 is 0 Å². The van der Waals surface area contributed by atoms with Crippen molar-refractivity contribution >= 4 is 24.4 Å². The Labute approximate surface area is 395 Å². The Morgan fingerprint density at radius 1 is 0.338 bits per heavy atom. The van der Waals surface area contributed by atoms with Crippen LogP contribution in [0.2, 0.25) is 0 Å². The molecule has 376 valence electrons. The molecule has 0 saturated carbocycles. The second kappa shape index (κ2) is 16.9. The molecule has 4 aromatic carbocycles. The van der Waals surface area contributed by atoms with E-state index in [1.165, 1.54) is 11.1 Å². The van der Waals surface area contributed by atoms with Crippen LogP contribution in [0.25, 0.3) is 0 Å². The SMILES string of the molecule is CC12C[N+]3(Cc4ccccc4)CC4(C)N1O[B-]1(c5ccccc5)ON2C(C)(C3)N4O1.CC12C[N+]3(Cc4ccccc4)CC4(C)N1O[B-]1(c5ccccc5)ON2C(C)(C3)N4O1.O.O.O.O.O.O.O.O. The number of nitrogens with zero attached hydrogens (tertiary/aromatic N) is 8. The predicted molar refractivity (Wildman–Crippen MR) is 251 cm³/mol. The molecule has 0 radical (unpaired) electrons. The maximum absolute atomic E-state index is 6.64. The molecule has 16 N–H and O–H groups in total. The molecule has 14 aliphatic heterocycles. The smallest absolute Gasteiger partial charge is 0.448 e. The number of rotatable bonds is 6. The van der Waals surface area contributed by atoms with E-state index in [2.05, 4.69) is 133 Å². The molecule has 0 aromatic heterocycles. The molecule has 16 bridgehead atoms.